The first-order chi connectivity index (χ1) is 17.2. The summed E-state index contributed by atoms with van der Waals surface area (Å²) in [7, 11) is 1.28. The molecule has 0 saturated carbocycles. The highest BCUT2D eigenvalue weighted by molar-refractivity contribution is 5.81. The van der Waals surface area contributed by atoms with E-state index in [4.69, 9.17) is 18.9 Å². The van der Waals surface area contributed by atoms with Gasteiger partial charge in [0.2, 0.25) is 0 Å². The van der Waals surface area contributed by atoms with E-state index < -0.39 is 23.7 Å². The Bertz CT molecular complexity index is 1130. The first-order valence-corrected chi connectivity index (χ1v) is 11.8. The van der Waals surface area contributed by atoms with Crippen LogP contribution in [-0.4, -0.2) is 30.8 Å². The van der Waals surface area contributed by atoms with Gasteiger partial charge >= 0.3 is 12.1 Å². The van der Waals surface area contributed by atoms with Gasteiger partial charge < -0.3 is 24.3 Å². The minimum absolute atomic E-state index is 0.187. The Labute approximate surface area is 212 Å². The van der Waals surface area contributed by atoms with Crippen LogP contribution in [0.2, 0.25) is 0 Å². The molecule has 0 unspecified atom stereocenters. The lowest BCUT2D eigenvalue weighted by Crippen LogP contribution is -2.45. The summed E-state index contributed by atoms with van der Waals surface area (Å²) in [5.74, 6) is 0.540. The maximum absolute atomic E-state index is 12.4. The molecule has 3 aromatic rings. The number of hydrogen-bond acceptors (Lipinski definition) is 6. The molecule has 0 spiro atoms. The van der Waals surface area contributed by atoms with Crippen LogP contribution in [0, 0.1) is 0 Å². The molecule has 1 amide bonds. The largest absolute Gasteiger partial charge is 0.485 e. The molecule has 1 atom stereocenters. The number of alkyl carbamates (subject to hydrolysis) is 1. The summed E-state index contributed by atoms with van der Waals surface area (Å²) in [5, 5.41) is 2.60. The van der Waals surface area contributed by atoms with Crippen LogP contribution >= 0.6 is 0 Å². The molecule has 0 aromatic heterocycles. The van der Waals surface area contributed by atoms with E-state index in [9.17, 15) is 9.59 Å². The van der Waals surface area contributed by atoms with Crippen molar-refractivity contribution in [3.05, 3.63) is 95.6 Å². The predicted octanol–water partition coefficient (Wildman–Crippen LogP) is 5.45. The van der Waals surface area contributed by atoms with E-state index in [1.54, 1.807) is 26.8 Å². The number of benzene rings is 3. The fourth-order valence-corrected chi connectivity index (χ4v) is 3.40. The summed E-state index contributed by atoms with van der Waals surface area (Å²) < 4.78 is 22.4. The van der Waals surface area contributed by atoms with Crippen LogP contribution in [0.3, 0.4) is 0 Å². The lowest BCUT2D eigenvalue weighted by atomic mass is 10.1. The molecular weight excluding hydrogens is 458 g/mol. The fraction of sp³-hybridized carbons (Fsp3) is 0.310. The summed E-state index contributed by atoms with van der Waals surface area (Å²) in [6.07, 6.45) is -0.506. The molecule has 0 bridgehead atoms. The lowest BCUT2D eigenvalue weighted by Gasteiger charge is -2.23. The Hall–Kier alpha value is -4.00. The Kier molecular flexibility index (Phi) is 9.33. The summed E-state index contributed by atoms with van der Waals surface area (Å²) in [6.45, 7) is 5.99. The summed E-state index contributed by atoms with van der Waals surface area (Å²) in [4.78, 5) is 24.7. The minimum Gasteiger partial charge on any atom is -0.485 e. The second-order valence-electron chi connectivity index (χ2n) is 9.26. The standard InChI is InChI=1S/C29H33NO6/c1-29(2,3)36-28(32)30-24(27(31)33-4)17-23-15-16-25(34-19-21-11-7-5-8-12-21)26(18-23)35-20-22-13-9-6-10-14-22/h5-16,18,24H,17,19-20H2,1-4H3,(H,30,32)/t24-/m0/s1. The van der Waals surface area contributed by atoms with Crippen molar-refractivity contribution in [1.82, 2.24) is 5.32 Å². The summed E-state index contributed by atoms with van der Waals surface area (Å²) in [6, 6.07) is 24.2. The van der Waals surface area contributed by atoms with Gasteiger partial charge in [-0.15, -0.1) is 0 Å². The van der Waals surface area contributed by atoms with E-state index >= 15 is 0 Å². The van der Waals surface area contributed by atoms with Gasteiger partial charge in [0.1, 0.15) is 24.9 Å². The zero-order chi connectivity index (χ0) is 26.0. The van der Waals surface area contributed by atoms with Crippen LogP contribution < -0.4 is 14.8 Å². The van der Waals surface area contributed by atoms with Crippen molar-refractivity contribution >= 4 is 12.1 Å². The molecule has 1 N–H and O–H groups in total. The number of amides is 1. The maximum atomic E-state index is 12.4. The Balaban J connectivity index is 1.79. The molecule has 0 radical (unpaired) electrons. The highest BCUT2D eigenvalue weighted by Crippen LogP contribution is 2.31. The first-order valence-electron chi connectivity index (χ1n) is 11.8. The van der Waals surface area contributed by atoms with Gasteiger partial charge in [-0.25, -0.2) is 9.59 Å². The Morgan fingerprint density at radius 2 is 1.33 bits per heavy atom. The van der Waals surface area contributed by atoms with Gasteiger partial charge in [-0.2, -0.15) is 0 Å². The Morgan fingerprint density at radius 1 is 0.778 bits per heavy atom. The molecular formula is C29H33NO6. The van der Waals surface area contributed by atoms with Crippen molar-refractivity contribution in [3.8, 4) is 11.5 Å². The fourth-order valence-electron chi connectivity index (χ4n) is 3.40. The normalized spacial score (nSPS) is 11.8. The molecule has 190 valence electrons. The topological polar surface area (TPSA) is 83.1 Å². The number of carbonyl (C=O) groups is 2. The quantitative estimate of drug-likeness (QED) is 0.380. The molecule has 0 aliphatic carbocycles. The number of methoxy groups -OCH3 is 1. The van der Waals surface area contributed by atoms with E-state index in [0.29, 0.717) is 24.7 Å². The molecule has 0 aliphatic rings. The summed E-state index contributed by atoms with van der Waals surface area (Å²) >= 11 is 0. The lowest BCUT2D eigenvalue weighted by molar-refractivity contribution is -0.143. The van der Waals surface area contributed by atoms with E-state index in [1.807, 2.05) is 72.8 Å². The molecule has 0 saturated heterocycles. The molecule has 0 aliphatic heterocycles. The van der Waals surface area contributed by atoms with Crippen LogP contribution in [0.25, 0.3) is 0 Å². The zero-order valence-electron chi connectivity index (χ0n) is 21.2. The predicted molar refractivity (Wildman–Crippen MR) is 137 cm³/mol. The minimum atomic E-state index is -0.928. The molecule has 0 fully saturated rings. The van der Waals surface area contributed by atoms with Crippen molar-refractivity contribution in [2.24, 2.45) is 0 Å². The number of ether oxygens (including phenoxy) is 4. The van der Waals surface area contributed by atoms with Crippen LogP contribution in [0.15, 0.2) is 78.9 Å². The van der Waals surface area contributed by atoms with Gasteiger partial charge in [0.25, 0.3) is 0 Å². The van der Waals surface area contributed by atoms with Crippen molar-refractivity contribution in [2.45, 2.75) is 52.0 Å². The molecule has 0 heterocycles. The molecule has 3 rings (SSSR count). The second-order valence-corrected chi connectivity index (χ2v) is 9.26. The van der Waals surface area contributed by atoms with Crippen molar-refractivity contribution in [1.29, 1.82) is 0 Å². The number of esters is 1. The van der Waals surface area contributed by atoms with Crippen molar-refractivity contribution in [3.63, 3.8) is 0 Å². The molecule has 36 heavy (non-hydrogen) atoms. The smallest absolute Gasteiger partial charge is 0.408 e. The maximum Gasteiger partial charge on any atom is 0.408 e. The average molecular weight is 492 g/mol. The third-order valence-electron chi connectivity index (χ3n) is 5.10. The number of hydrogen-bond donors (Lipinski definition) is 1. The van der Waals surface area contributed by atoms with Gasteiger partial charge in [0.15, 0.2) is 11.5 Å². The van der Waals surface area contributed by atoms with Crippen LogP contribution in [0.1, 0.15) is 37.5 Å². The van der Waals surface area contributed by atoms with Crippen molar-refractivity contribution < 1.29 is 28.5 Å². The average Bonchev–Trinajstić information content (AvgIpc) is 2.86. The second kappa shape index (κ2) is 12.6. The molecule has 3 aromatic carbocycles. The van der Waals surface area contributed by atoms with Gasteiger partial charge in [-0.3, -0.25) is 0 Å². The van der Waals surface area contributed by atoms with Gasteiger partial charge in [0, 0.05) is 6.42 Å². The van der Waals surface area contributed by atoms with Gasteiger partial charge in [0.05, 0.1) is 7.11 Å². The van der Waals surface area contributed by atoms with Crippen molar-refractivity contribution in [2.75, 3.05) is 7.11 Å². The van der Waals surface area contributed by atoms with E-state index in [1.165, 1.54) is 7.11 Å². The summed E-state index contributed by atoms with van der Waals surface area (Å²) in [5.41, 5.74) is 2.11. The highest BCUT2D eigenvalue weighted by Gasteiger charge is 2.26. The number of nitrogens with one attached hydrogen (secondary N) is 1. The van der Waals surface area contributed by atoms with Gasteiger partial charge in [-0.05, 0) is 49.6 Å². The van der Waals surface area contributed by atoms with Crippen LogP contribution in [0.4, 0.5) is 4.79 Å². The van der Waals surface area contributed by atoms with E-state index in [-0.39, 0.29) is 6.42 Å². The van der Waals surface area contributed by atoms with Crippen LogP contribution in [0.5, 0.6) is 11.5 Å². The molecule has 7 heteroatoms. The molecule has 7 nitrogen and oxygen atoms in total. The van der Waals surface area contributed by atoms with Crippen LogP contribution in [-0.2, 0) is 33.9 Å². The third kappa shape index (κ3) is 8.65. The SMILES string of the molecule is COC(=O)[C@H](Cc1ccc(OCc2ccccc2)c(OCc2ccccc2)c1)NC(=O)OC(C)(C)C. The van der Waals surface area contributed by atoms with E-state index in [2.05, 4.69) is 5.32 Å². The highest BCUT2D eigenvalue weighted by atomic mass is 16.6. The third-order valence-corrected chi connectivity index (χ3v) is 5.10. The monoisotopic (exact) mass is 491 g/mol. The first kappa shape index (κ1) is 26.6. The van der Waals surface area contributed by atoms with Gasteiger partial charge in [-0.1, -0.05) is 66.7 Å². The van der Waals surface area contributed by atoms with E-state index in [0.717, 1.165) is 16.7 Å². The Morgan fingerprint density at radius 3 is 1.86 bits per heavy atom. The zero-order valence-corrected chi connectivity index (χ0v) is 21.2. The number of rotatable bonds is 10. The number of carbonyl (C=O) groups excluding carboxylic acids is 2.